The molecule has 0 aliphatic heterocycles. The second kappa shape index (κ2) is 4.31. The van der Waals surface area contributed by atoms with Gasteiger partial charge in [-0.15, -0.1) is 0 Å². The summed E-state index contributed by atoms with van der Waals surface area (Å²) < 4.78 is 25.5. The number of carbonyl (C=O) groups excluding carboxylic acids is 1. The van der Waals surface area contributed by atoms with Crippen molar-refractivity contribution in [2.75, 3.05) is 0 Å². The van der Waals surface area contributed by atoms with E-state index in [2.05, 4.69) is 5.10 Å². The van der Waals surface area contributed by atoms with E-state index < -0.39 is 17.7 Å². The molecule has 0 saturated heterocycles. The fraction of sp³-hybridized carbons (Fsp3) is 0. The van der Waals surface area contributed by atoms with Gasteiger partial charge in [0.05, 0.1) is 6.21 Å². The number of urea groups is 1. The number of hydrogen-bond acceptors (Lipinski definition) is 2. The van der Waals surface area contributed by atoms with E-state index in [1.807, 2.05) is 5.43 Å². The van der Waals surface area contributed by atoms with E-state index in [9.17, 15) is 13.6 Å². The van der Waals surface area contributed by atoms with Crippen LogP contribution in [0.25, 0.3) is 0 Å². The zero-order valence-corrected chi connectivity index (χ0v) is 7.00. The lowest BCUT2D eigenvalue weighted by Gasteiger charge is -1.96. The summed E-state index contributed by atoms with van der Waals surface area (Å²) in [7, 11) is 0. The average molecular weight is 199 g/mol. The normalized spacial score (nSPS) is 10.4. The average Bonchev–Trinajstić information content (AvgIpc) is 2.10. The van der Waals surface area contributed by atoms with Crippen molar-refractivity contribution < 1.29 is 13.6 Å². The lowest BCUT2D eigenvalue weighted by molar-refractivity contribution is 0.249. The molecule has 0 unspecified atom stereocenters. The summed E-state index contributed by atoms with van der Waals surface area (Å²) in [6.07, 6.45) is 0.961. The Kier molecular flexibility index (Phi) is 3.11. The summed E-state index contributed by atoms with van der Waals surface area (Å²) in [5.41, 5.74) is 6.48. The molecular formula is C8H7F2N3O. The maximum atomic E-state index is 12.9. The molecule has 14 heavy (non-hydrogen) atoms. The number of nitrogens with zero attached hydrogens (tertiary/aromatic N) is 1. The molecule has 6 heteroatoms. The van der Waals surface area contributed by atoms with Gasteiger partial charge in [-0.25, -0.2) is 19.0 Å². The molecule has 0 aliphatic rings. The maximum Gasteiger partial charge on any atom is 0.332 e. The van der Waals surface area contributed by atoms with Gasteiger partial charge in [0.1, 0.15) is 11.6 Å². The minimum atomic E-state index is -0.877. The van der Waals surface area contributed by atoms with Gasteiger partial charge in [0.2, 0.25) is 0 Å². The number of carbonyl (C=O) groups is 1. The number of nitrogens with one attached hydrogen (secondary N) is 1. The van der Waals surface area contributed by atoms with Gasteiger partial charge in [-0.3, -0.25) is 0 Å². The van der Waals surface area contributed by atoms with Crippen LogP contribution in [0.5, 0.6) is 0 Å². The Morgan fingerprint density at radius 2 is 2.21 bits per heavy atom. The number of primary amides is 1. The van der Waals surface area contributed by atoms with Gasteiger partial charge >= 0.3 is 6.03 Å². The van der Waals surface area contributed by atoms with E-state index in [4.69, 9.17) is 5.73 Å². The minimum absolute atomic E-state index is 0.0706. The molecule has 3 N–H and O–H groups in total. The van der Waals surface area contributed by atoms with E-state index in [0.29, 0.717) is 0 Å². The van der Waals surface area contributed by atoms with E-state index in [-0.39, 0.29) is 5.56 Å². The topological polar surface area (TPSA) is 67.5 Å². The van der Waals surface area contributed by atoms with Gasteiger partial charge in [-0.2, -0.15) is 5.10 Å². The molecule has 74 valence electrons. The summed E-state index contributed by atoms with van der Waals surface area (Å²) in [4.78, 5) is 10.2. The van der Waals surface area contributed by atoms with Crippen molar-refractivity contribution in [1.82, 2.24) is 5.43 Å². The number of hydrogen-bond donors (Lipinski definition) is 2. The zero-order chi connectivity index (χ0) is 10.6. The van der Waals surface area contributed by atoms with Crippen molar-refractivity contribution in [2.45, 2.75) is 0 Å². The van der Waals surface area contributed by atoms with Crippen molar-refractivity contribution in [3.8, 4) is 0 Å². The Hall–Kier alpha value is -1.98. The molecule has 1 aromatic carbocycles. The number of halogens is 2. The van der Waals surface area contributed by atoms with Gasteiger partial charge in [0.15, 0.2) is 0 Å². The second-order valence-corrected chi connectivity index (χ2v) is 2.40. The molecule has 0 bridgehead atoms. The van der Waals surface area contributed by atoms with Crippen LogP contribution in [0, 0.1) is 11.6 Å². The van der Waals surface area contributed by atoms with Gasteiger partial charge < -0.3 is 5.73 Å². The van der Waals surface area contributed by atoms with Crippen molar-refractivity contribution in [1.29, 1.82) is 0 Å². The highest BCUT2D eigenvalue weighted by Crippen LogP contribution is 2.06. The van der Waals surface area contributed by atoms with E-state index >= 15 is 0 Å². The van der Waals surface area contributed by atoms with Crippen LogP contribution in [-0.2, 0) is 0 Å². The zero-order valence-electron chi connectivity index (χ0n) is 7.00. The molecule has 0 aliphatic carbocycles. The predicted molar refractivity (Wildman–Crippen MR) is 46.7 cm³/mol. The maximum absolute atomic E-state index is 12.9. The van der Waals surface area contributed by atoms with Gasteiger partial charge in [0, 0.05) is 5.56 Å². The summed E-state index contributed by atoms with van der Waals surface area (Å²) in [5, 5.41) is 3.29. The Balaban J connectivity index is 2.80. The summed E-state index contributed by atoms with van der Waals surface area (Å²) in [5.74, 6) is -1.23. The van der Waals surface area contributed by atoms with Gasteiger partial charge in [-0.05, 0) is 18.2 Å². The van der Waals surface area contributed by atoms with Crippen LogP contribution in [0.3, 0.4) is 0 Å². The standard InChI is InChI=1S/C8H7F2N3O/c9-6-1-2-7(10)5(3-6)4-12-13-8(11)14/h1-4H,(H3,11,13,14). The van der Waals surface area contributed by atoms with Crippen LogP contribution in [0.4, 0.5) is 13.6 Å². The quantitative estimate of drug-likeness (QED) is 0.540. The van der Waals surface area contributed by atoms with E-state index in [0.717, 1.165) is 24.4 Å². The molecule has 1 aromatic rings. The predicted octanol–water partition coefficient (Wildman–Crippen LogP) is 0.967. The Bertz CT molecular complexity index is 379. The summed E-state index contributed by atoms with van der Waals surface area (Å²) in [6.45, 7) is 0. The minimum Gasteiger partial charge on any atom is -0.350 e. The molecule has 0 aromatic heterocycles. The molecule has 0 saturated carbocycles. The first-order chi connectivity index (χ1) is 6.59. The SMILES string of the molecule is NC(=O)NN=Cc1cc(F)ccc1F. The highest BCUT2D eigenvalue weighted by atomic mass is 19.1. The molecule has 4 nitrogen and oxygen atoms in total. The molecule has 0 fully saturated rings. The molecule has 2 amide bonds. The highest BCUT2D eigenvalue weighted by Gasteiger charge is 2.00. The van der Waals surface area contributed by atoms with Gasteiger partial charge in [-0.1, -0.05) is 0 Å². The summed E-state index contributed by atoms with van der Waals surface area (Å²) >= 11 is 0. The van der Waals surface area contributed by atoms with E-state index in [1.165, 1.54) is 0 Å². The van der Waals surface area contributed by atoms with Crippen LogP contribution in [0.2, 0.25) is 0 Å². The second-order valence-electron chi connectivity index (χ2n) is 2.40. The van der Waals surface area contributed by atoms with E-state index in [1.54, 1.807) is 0 Å². The third-order valence-electron chi connectivity index (χ3n) is 1.34. The summed E-state index contributed by atoms with van der Waals surface area (Å²) in [6, 6.07) is 2.01. The highest BCUT2D eigenvalue weighted by molar-refractivity contribution is 5.81. The van der Waals surface area contributed by atoms with Crippen molar-refractivity contribution in [2.24, 2.45) is 10.8 Å². The molecule has 1 rings (SSSR count). The first kappa shape index (κ1) is 10.1. The lowest BCUT2D eigenvalue weighted by Crippen LogP contribution is -2.24. The van der Waals surface area contributed by atoms with Crippen LogP contribution in [0.1, 0.15) is 5.56 Å². The van der Waals surface area contributed by atoms with Crippen LogP contribution in [0.15, 0.2) is 23.3 Å². The van der Waals surface area contributed by atoms with Gasteiger partial charge in [0.25, 0.3) is 0 Å². The fourth-order valence-corrected chi connectivity index (χ4v) is 0.779. The first-order valence-corrected chi connectivity index (χ1v) is 3.63. The number of hydrazone groups is 1. The molecular weight excluding hydrogens is 192 g/mol. The molecule has 0 spiro atoms. The van der Waals surface area contributed by atoms with Crippen molar-refractivity contribution in [3.63, 3.8) is 0 Å². The molecule has 0 heterocycles. The third kappa shape index (κ3) is 2.81. The third-order valence-corrected chi connectivity index (χ3v) is 1.34. The Morgan fingerprint density at radius 1 is 1.50 bits per heavy atom. The fourth-order valence-electron chi connectivity index (χ4n) is 0.779. The molecule has 0 atom stereocenters. The van der Waals surface area contributed by atoms with Crippen molar-refractivity contribution >= 4 is 12.2 Å². The Labute approximate surface area is 78.4 Å². The number of rotatable bonds is 2. The van der Waals surface area contributed by atoms with Crippen LogP contribution < -0.4 is 11.2 Å². The lowest BCUT2D eigenvalue weighted by atomic mass is 10.2. The van der Waals surface area contributed by atoms with Crippen LogP contribution >= 0.6 is 0 Å². The Morgan fingerprint density at radius 3 is 2.86 bits per heavy atom. The number of benzene rings is 1. The molecule has 0 radical (unpaired) electrons. The smallest absolute Gasteiger partial charge is 0.332 e. The largest absolute Gasteiger partial charge is 0.350 e. The van der Waals surface area contributed by atoms with Crippen molar-refractivity contribution in [3.05, 3.63) is 35.4 Å². The first-order valence-electron chi connectivity index (χ1n) is 3.63. The van der Waals surface area contributed by atoms with Crippen LogP contribution in [-0.4, -0.2) is 12.2 Å². The number of amides is 2. The number of nitrogens with two attached hydrogens (primary N) is 1. The monoisotopic (exact) mass is 199 g/mol.